The van der Waals surface area contributed by atoms with E-state index in [9.17, 15) is 4.79 Å². The van der Waals surface area contributed by atoms with Crippen LogP contribution in [0.2, 0.25) is 0 Å². The molecule has 0 atom stereocenters. The van der Waals surface area contributed by atoms with Gasteiger partial charge in [0.15, 0.2) is 0 Å². The Labute approximate surface area is 119 Å². The summed E-state index contributed by atoms with van der Waals surface area (Å²) in [4.78, 5) is 20.8. The summed E-state index contributed by atoms with van der Waals surface area (Å²) in [6.07, 6.45) is 1.69. The van der Waals surface area contributed by atoms with Gasteiger partial charge < -0.3 is 15.3 Å². The van der Waals surface area contributed by atoms with Gasteiger partial charge in [0.05, 0.1) is 12.2 Å². The molecule has 0 spiro atoms. The van der Waals surface area contributed by atoms with Crippen LogP contribution in [-0.4, -0.2) is 71.7 Å². The number of piperazine rings is 1. The molecular weight excluding hydrogens is 256 g/mol. The molecule has 2 heterocycles. The van der Waals surface area contributed by atoms with Gasteiger partial charge in [-0.1, -0.05) is 0 Å². The molecule has 0 unspecified atom stereocenters. The number of hydrogen-bond donors (Lipinski definition) is 2. The van der Waals surface area contributed by atoms with Gasteiger partial charge in [-0.25, -0.2) is 4.98 Å². The largest absolute Gasteiger partial charge is 0.395 e. The van der Waals surface area contributed by atoms with Crippen molar-refractivity contribution in [1.82, 2.24) is 14.8 Å². The monoisotopic (exact) mass is 278 g/mol. The highest BCUT2D eigenvalue weighted by molar-refractivity contribution is 5.98. The third-order valence-corrected chi connectivity index (χ3v) is 3.46. The fourth-order valence-corrected chi connectivity index (χ4v) is 2.37. The molecule has 6 heteroatoms. The van der Waals surface area contributed by atoms with Crippen LogP contribution in [0.25, 0.3) is 0 Å². The predicted molar refractivity (Wildman–Crippen MR) is 77.8 cm³/mol. The lowest BCUT2D eigenvalue weighted by Crippen LogP contribution is -2.49. The summed E-state index contributed by atoms with van der Waals surface area (Å²) in [5.41, 5.74) is 0.630. The molecule has 0 saturated carbocycles. The molecule has 1 fully saturated rings. The van der Waals surface area contributed by atoms with Crippen LogP contribution in [0.3, 0.4) is 0 Å². The molecule has 20 heavy (non-hydrogen) atoms. The van der Waals surface area contributed by atoms with E-state index >= 15 is 0 Å². The van der Waals surface area contributed by atoms with Crippen molar-refractivity contribution in [1.29, 1.82) is 0 Å². The van der Waals surface area contributed by atoms with Crippen molar-refractivity contribution >= 4 is 11.7 Å². The number of aliphatic hydroxyl groups is 1. The second-order valence-corrected chi connectivity index (χ2v) is 4.79. The van der Waals surface area contributed by atoms with E-state index < -0.39 is 0 Å². The quantitative estimate of drug-likeness (QED) is 0.809. The SMILES string of the molecule is CCNc1ncccc1C(=O)N1CCN(CCO)CC1. The fraction of sp³-hybridized carbons (Fsp3) is 0.571. The number of anilines is 1. The molecule has 1 amide bonds. The number of β-amino-alcohol motifs (C(OH)–C–C–N with tert-alkyl or cyclic N) is 1. The van der Waals surface area contributed by atoms with Crippen LogP contribution < -0.4 is 5.32 Å². The average molecular weight is 278 g/mol. The van der Waals surface area contributed by atoms with E-state index in [2.05, 4.69) is 15.2 Å². The molecule has 6 nitrogen and oxygen atoms in total. The first-order valence-corrected chi connectivity index (χ1v) is 7.07. The minimum atomic E-state index is 0.0256. The van der Waals surface area contributed by atoms with Crippen molar-refractivity contribution in [2.75, 3.05) is 51.2 Å². The summed E-state index contributed by atoms with van der Waals surface area (Å²) in [7, 11) is 0. The standard InChI is InChI=1S/C14H22N4O2/c1-2-15-13-12(4-3-5-16-13)14(20)18-8-6-17(7-9-18)10-11-19/h3-5,19H,2,6-11H2,1H3,(H,15,16). The van der Waals surface area contributed by atoms with E-state index in [0.29, 0.717) is 31.0 Å². The highest BCUT2D eigenvalue weighted by Gasteiger charge is 2.23. The molecule has 0 aliphatic carbocycles. The lowest BCUT2D eigenvalue weighted by molar-refractivity contribution is 0.0615. The molecule has 1 aliphatic rings. The van der Waals surface area contributed by atoms with Gasteiger partial charge in [-0.05, 0) is 19.1 Å². The summed E-state index contributed by atoms with van der Waals surface area (Å²) < 4.78 is 0. The number of hydrogen-bond acceptors (Lipinski definition) is 5. The van der Waals surface area contributed by atoms with Gasteiger partial charge in [0.2, 0.25) is 0 Å². The van der Waals surface area contributed by atoms with Gasteiger partial charge in [0, 0.05) is 45.5 Å². The average Bonchev–Trinajstić information content (AvgIpc) is 2.49. The highest BCUT2D eigenvalue weighted by Crippen LogP contribution is 2.15. The van der Waals surface area contributed by atoms with E-state index in [0.717, 1.165) is 19.6 Å². The van der Waals surface area contributed by atoms with Crippen LogP contribution in [-0.2, 0) is 0 Å². The summed E-state index contributed by atoms with van der Waals surface area (Å²) >= 11 is 0. The first-order valence-electron chi connectivity index (χ1n) is 7.07. The Hall–Kier alpha value is -1.66. The highest BCUT2D eigenvalue weighted by atomic mass is 16.3. The van der Waals surface area contributed by atoms with Crippen molar-refractivity contribution < 1.29 is 9.90 Å². The van der Waals surface area contributed by atoms with Crippen LogP contribution in [0.1, 0.15) is 17.3 Å². The number of aliphatic hydroxyl groups excluding tert-OH is 1. The molecule has 2 N–H and O–H groups in total. The number of pyridine rings is 1. The summed E-state index contributed by atoms with van der Waals surface area (Å²) in [5, 5.41) is 12.1. The molecule has 0 aromatic carbocycles. The zero-order valence-electron chi connectivity index (χ0n) is 11.9. The van der Waals surface area contributed by atoms with Gasteiger partial charge in [0.1, 0.15) is 5.82 Å². The lowest BCUT2D eigenvalue weighted by Gasteiger charge is -2.34. The Morgan fingerprint density at radius 1 is 1.40 bits per heavy atom. The van der Waals surface area contributed by atoms with E-state index in [1.54, 1.807) is 12.3 Å². The molecule has 0 bridgehead atoms. The zero-order chi connectivity index (χ0) is 14.4. The number of rotatable bonds is 5. The number of nitrogens with one attached hydrogen (secondary N) is 1. The number of nitrogens with zero attached hydrogens (tertiary/aromatic N) is 3. The van der Waals surface area contributed by atoms with Gasteiger partial charge in [-0.2, -0.15) is 0 Å². The van der Waals surface area contributed by atoms with Crippen molar-refractivity contribution in [3.8, 4) is 0 Å². The van der Waals surface area contributed by atoms with Crippen molar-refractivity contribution in [2.24, 2.45) is 0 Å². The predicted octanol–water partition coefficient (Wildman–Crippen LogP) is 0.263. The molecule has 1 aromatic heterocycles. The van der Waals surface area contributed by atoms with Crippen LogP contribution >= 0.6 is 0 Å². The second kappa shape index (κ2) is 7.21. The van der Waals surface area contributed by atoms with Gasteiger partial charge in [-0.15, -0.1) is 0 Å². The zero-order valence-corrected chi connectivity index (χ0v) is 11.9. The smallest absolute Gasteiger partial charge is 0.257 e. The summed E-state index contributed by atoms with van der Waals surface area (Å²) in [6, 6.07) is 3.60. The van der Waals surface area contributed by atoms with Crippen LogP contribution in [0.15, 0.2) is 18.3 Å². The molecule has 0 radical (unpaired) electrons. The van der Waals surface area contributed by atoms with Crippen molar-refractivity contribution in [3.05, 3.63) is 23.9 Å². The molecule has 1 aliphatic heterocycles. The topological polar surface area (TPSA) is 68.7 Å². The number of amides is 1. The molecule has 110 valence electrons. The van der Waals surface area contributed by atoms with E-state index in [1.807, 2.05) is 17.9 Å². The minimum Gasteiger partial charge on any atom is -0.395 e. The third-order valence-electron chi connectivity index (χ3n) is 3.46. The summed E-state index contributed by atoms with van der Waals surface area (Å²) in [5.74, 6) is 0.676. The van der Waals surface area contributed by atoms with E-state index in [-0.39, 0.29) is 12.5 Å². The Balaban J connectivity index is 2.02. The Kier molecular flexibility index (Phi) is 5.31. The lowest BCUT2D eigenvalue weighted by atomic mass is 10.2. The molecular formula is C14H22N4O2. The van der Waals surface area contributed by atoms with Gasteiger partial charge >= 0.3 is 0 Å². The Bertz CT molecular complexity index is 445. The number of carbonyl (C=O) groups is 1. The Morgan fingerprint density at radius 3 is 2.80 bits per heavy atom. The first-order chi connectivity index (χ1) is 9.76. The molecule has 1 saturated heterocycles. The maximum absolute atomic E-state index is 12.5. The second-order valence-electron chi connectivity index (χ2n) is 4.79. The summed E-state index contributed by atoms with van der Waals surface area (Å²) in [6.45, 7) is 6.57. The Morgan fingerprint density at radius 2 is 2.15 bits per heavy atom. The molecule has 2 rings (SSSR count). The third kappa shape index (κ3) is 3.46. The van der Waals surface area contributed by atoms with Crippen LogP contribution in [0.4, 0.5) is 5.82 Å². The van der Waals surface area contributed by atoms with Crippen LogP contribution in [0.5, 0.6) is 0 Å². The molecule has 1 aromatic rings. The minimum absolute atomic E-state index is 0.0256. The normalized spacial score (nSPS) is 16.2. The van der Waals surface area contributed by atoms with Crippen molar-refractivity contribution in [2.45, 2.75) is 6.92 Å². The van der Waals surface area contributed by atoms with Crippen LogP contribution in [0, 0.1) is 0 Å². The number of aromatic nitrogens is 1. The fourth-order valence-electron chi connectivity index (χ4n) is 2.37. The van der Waals surface area contributed by atoms with Crippen molar-refractivity contribution in [3.63, 3.8) is 0 Å². The van der Waals surface area contributed by atoms with E-state index in [1.165, 1.54) is 0 Å². The number of carbonyl (C=O) groups excluding carboxylic acids is 1. The first kappa shape index (κ1) is 14.7. The maximum atomic E-state index is 12.5. The van der Waals surface area contributed by atoms with Gasteiger partial charge in [0.25, 0.3) is 5.91 Å². The van der Waals surface area contributed by atoms with E-state index in [4.69, 9.17) is 5.11 Å². The van der Waals surface area contributed by atoms with Gasteiger partial charge in [-0.3, -0.25) is 9.69 Å². The maximum Gasteiger partial charge on any atom is 0.257 e.